The molecule has 210 valence electrons. The first-order valence-electron chi connectivity index (χ1n) is 13.8. The van der Waals surface area contributed by atoms with Crippen LogP contribution in [0.2, 0.25) is 0 Å². The number of aromatic nitrogens is 1. The van der Waals surface area contributed by atoms with Crippen molar-refractivity contribution in [1.82, 2.24) is 9.47 Å². The molecule has 0 saturated heterocycles. The van der Waals surface area contributed by atoms with Crippen LogP contribution in [0.3, 0.4) is 0 Å². The second-order valence-corrected chi connectivity index (χ2v) is 10.7. The molecule has 1 aliphatic heterocycles. The minimum absolute atomic E-state index is 0.0263. The zero-order valence-electron chi connectivity index (χ0n) is 23.8. The third-order valence-electron chi connectivity index (χ3n) is 7.90. The van der Waals surface area contributed by atoms with Crippen molar-refractivity contribution in [2.45, 2.75) is 38.8 Å². The molecular weight excluding hydrogens is 516 g/mol. The predicted molar refractivity (Wildman–Crippen MR) is 159 cm³/mol. The van der Waals surface area contributed by atoms with E-state index >= 15 is 0 Å². The Hall–Kier alpha value is -4.72. The fourth-order valence-electron chi connectivity index (χ4n) is 5.72. The van der Waals surface area contributed by atoms with Gasteiger partial charge in [-0.25, -0.2) is 4.79 Å². The summed E-state index contributed by atoms with van der Waals surface area (Å²) in [7, 11) is 3.24. The van der Waals surface area contributed by atoms with Gasteiger partial charge in [-0.05, 0) is 80.8 Å². The topological polar surface area (TPSA) is 76.0 Å². The first kappa shape index (κ1) is 26.5. The van der Waals surface area contributed by atoms with Gasteiger partial charge in [0.2, 0.25) is 5.91 Å². The van der Waals surface area contributed by atoms with Crippen LogP contribution in [0.15, 0.2) is 79.0 Å². The summed E-state index contributed by atoms with van der Waals surface area (Å²) in [6.45, 7) is 3.94. The molecule has 8 heteroatoms. The average molecular weight is 551 g/mol. The molecule has 1 N–H and O–H groups in total. The number of ether oxygens (including phenoxy) is 2. The van der Waals surface area contributed by atoms with Gasteiger partial charge in [-0.3, -0.25) is 9.69 Å². The Morgan fingerprint density at radius 2 is 1.71 bits per heavy atom. The number of carbonyl (C=O) groups excluding carboxylic acids is 2. The molecule has 1 saturated carbocycles. The summed E-state index contributed by atoms with van der Waals surface area (Å²) in [5.74, 6) is 1.13. The van der Waals surface area contributed by atoms with E-state index < -0.39 is 6.04 Å². The lowest BCUT2D eigenvalue weighted by atomic mass is 9.96. The molecule has 1 fully saturated rings. The van der Waals surface area contributed by atoms with Crippen LogP contribution in [0.25, 0.3) is 5.69 Å². The van der Waals surface area contributed by atoms with Crippen LogP contribution in [-0.2, 0) is 4.79 Å². The monoisotopic (exact) mass is 550 g/mol. The Bertz CT molecular complexity index is 1620. The molecule has 0 spiro atoms. The van der Waals surface area contributed by atoms with Crippen molar-refractivity contribution in [2.24, 2.45) is 0 Å². The number of fused-ring (bicyclic) bond motifs is 3. The second kappa shape index (κ2) is 10.7. The fraction of sp³-hybridized carbons (Fsp3) is 0.273. The third-order valence-corrected chi connectivity index (χ3v) is 7.90. The van der Waals surface area contributed by atoms with Crippen LogP contribution in [0.1, 0.15) is 41.3 Å². The molecule has 3 amide bonds. The molecule has 1 aromatic heterocycles. The summed E-state index contributed by atoms with van der Waals surface area (Å²) in [6.07, 6.45) is 3.75. The third kappa shape index (κ3) is 4.90. The molecule has 4 aromatic rings. The van der Waals surface area contributed by atoms with Gasteiger partial charge in [0.25, 0.3) is 0 Å². The summed E-state index contributed by atoms with van der Waals surface area (Å²) in [6, 6.07) is 22.7. The number of nitrogens with zero attached hydrogens (tertiary/aromatic N) is 3. The lowest BCUT2D eigenvalue weighted by Crippen LogP contribution is -2.48. The van der Waals surface area contributed by atoms with E-state index in [-0.39, 0.29) is 24.5 Å². The van der Waals surface area contributed by atoms with Gasteiger partial charge in [0, 0.05) is 23.5 Å². The van der Waals surface area contributed by atoms with Gasteiger partial charge in [0.15, 0.2) is 0 Å². The highest BCUT2D eigenvalue weighted by molar-refractivity contribution is 6.02. The van der Waals surface area contributed by atoms with Gasteiger partial charge in [-0.1, -0.05) is 29.8 Å². The molecule has 2 aliphatic rings. The molecule has 0 radical (unpaired) electrons. The van der Waals surface area contributed by atoms with E-state index in [9.17, 15) is 9.59 Å². The molecule has 1 unspecified atom stereocenters. The number of methoxy groups -OCH3 is 2. The first-order valence-corrected chi connectivity index (χ1v) is 13.8. The van der Waals surface area contributed by atoms with Gasteiger partial charge >= 0.3 is 6.03 Å². The number of para-hydroxylation sites is 2. The van der Waals surface area contributed by atoms with Crippen molar-refractivity contribution in [3.8, 4) is 17.2 Å². The summed E-state index contributed by atoms with van der Waals surface area (Å²) in [5.41, 5.74) is 6.24. The van der Waals surface area contributed by atoms with E-state index in [0.29, 0.717) is 11.5 Å². The van der Waals surface area contributed by atoms with Gasteiger partial charge in [0.1, 0.15) is 24.1 Å². The highest BCUT2D eigenvalue weighted by Crippen LogP contribution is 2.45. The number of amides is 3. The normalized spacial score (nSPS) is 15.5. The number of rotatable bonds is 7. The second-order valence-electron chi connectivity index (χ2n) is 10.7. The van der Waals surface area contributed by atoms with Crippen LogP contribution in [0.5, 0.6) is 11.5 Å². The standard InChI is InChI=1S/C33H34N4O4/c1-21-11-15-26(22(2)18-21)34-33(39)36(23-12-13-23)20-31(38)37-28-9-6-5-8-27(28)35-17-7-10-29(35)32(37)25-19-24(40-3)14-16-30(25)41-4/h5-11,14-19,23,32H,12-13,20H2,1-4H3,(H,34,39). The minimum Gasteiger partial charge on any atom is -0.497 e. The van der Waals surface area contributed by atoms with Crippen molar-refractivity contribution < 1.29 is 19.1 Å². The summed E-state index contributed by atoms with van der Waals surface area (Å²) >= 11 is 0. The number of urea groups is 1. The van der Waals surface area contributed by atoms with E-state index in [1.807, 2.05) is 97.7 Å². The van der Waals surface area contributed by atoms with Crippen molar-refractivity contribution in [3.05, 3.63) is 101 Å². The van der Waals surface area contributed by atoms with Crippen LogP contribution in [-0.4, -0.2) is 48.2 Å². The van der Waals surface area contributed by atoms with E-state index in [2.05, 4.69) is 9.88 Å². The minimum atomic E-state index is -0.499. The molecule has 3 aromatic carbocycles. The predicted octanol–water partition coefficient (Wildman–Crippen LogP) is 6.24. The maximum absolute atomic E-state index is 14.5. The largest absolute Gasteiger partial charge is 0.497 e. The fourth-order valence-corrected chi connectivity index (χ4v) is 5.72. The Morgan fingerprint density at radius 3 is 2.41 bits per heavy atom. The van der Waals surface area contributed by atoms with Crippen molar-refractivity contribution in [3.63, 3.8) is 0 Å². The number of nitrogens with one attached hydrogen (secondary N) is 1. The zero-order chi connectivity index (χ0) is 28.7. The quantitative estimate of drug-likeness (QED) is 0.295. The Morgan fingerprint density at radius 1 is 0.927 bits per heavy atom. The number of hydrogen-bond acceptors (Lipinski definition) is 4. The smallest absolute Gasteiger partial charge is 0.322 e. The Kier molecular flexibility index (Phi) is 6.91. The lowest BCUT2D eigenvalue weighted by Gasteiger charge is -2.40. The Balaban J connectivity index is 1.40. The molecule has 1 atom stereocenters. The maximum Gasteiger partial charge on any atom is 0.322 e. The van der Waals surface area contributed by atoms with Crippen molar-refractivity contribution in [2.75, 3.05) is 31.0 Å². The van der Waals surface area contributed by atoms with Crippen LogP contribution < -0.4 is 19.7 Å². The number of hydrogen-bond donors (Lipinski definition) is 1. The van der Waals surface area contributed by atoms with E-state index in [1.165, 1.54) is 0 Å². The number of aryl methyl sites for hydroxylation is 2. The Labute approximate surface area is 240 Å². The highest BCUT2D eigenvalue weighted by Gasteiger charge is 2.41. The molecule has 8 nitrogen and oxygen atoms in total. The van der Waals surface area contributed by atoms with Crippen molar-refractivity contribution in [1.29, 1.82) is 0 Å². The lowest BCUT2D eigenvalue weighted by molar-refractivity contribution is -0.119. The van der Waals surface area contributed by atoms with Crippen LogP contribution >= 0.6 is 0 Å². The van der Waals surface area contributed by atoms with Crippen LogP contribution in [0.4, 0.5) is 16.2 Å². The SMILES string of the molecule is COc1ccc(OC)c(C2c3cccn3-c3ccccc3N2C(=O)CN(C(=O)Nc2ccc(C)cc2C)C2CC2)c1. The highest BCUT2D eigenvalue weighted by atomic mass is 16.5. The van der Waals surface area contributed by atoms with E-state index in [1.54, 1.807) is 19.1 Å². The van der Waals surface area contributed by atoms with Gasteiger partial charge in [-0.2, -0.15) is 0 Å². The summed E-state index contributed by atoms with van der Waals surface area (Å²) in [5, 5.41) is 3.05. The molecule has 0 bridgehead atoms. The number of carbonyl (C=O) groups is 2. The zero-order valence-corrected chi connectivity index (χ0v) is 23.8. The van der Waals surface area contributed by atoms with Gasteiger partial charge < -0.3 is 24.3 Å². The van der Waals surface area contributed by atoms with Crippen molar-refractivity contribution >= 4 is 23.3 Å². The molecule has 1 aliphatic carbocycles. The summed E-state index contributed by atoms with van der Waals surface area (Å²) < 4.78 is 13.4. The first-order chi connectivity index (χ1) is 19.9. The number of anilines is 2. The molecule has 41 heavy (non-hydrogen) atoms. The van der Waals surface area contributed by atoms with E-state index in [4.69, 9.17) is 9.47 Å². The number of benzene rings is 3. The summed E-state index contributed by atoms with van der Waals surface area (Å²) in [4.78, 5) is 31.5. The van der Waals surface area contributed by atoms with Crippen LogP contribution in [0, 0.1) is 13.8 Å². The molecule has 2 heterocycles. The average Bonchev–Trinajstić information content (AvgIpc) is 3.70. The van der Waals surface area contributed by atoms with Gasteiger partial charge in [-0.15, -0.1) is 0 Å². The maximum atomic E-state index is 14.5. The van der Waals surface area contributed by atoms with E-state index in [0.717, 1.165) is 52.3 Å². The van der Waals surface area contributed by atoms with Gasteiger partial charge in [0.05, 0.1) is 31.3 Å². The molecular formula is C33H34N4O4. The molecule has 6 rings (SSSR count).